The number of nitrogens with zero attached hydrogens (tertiary/aromatic N) is 4. The smallest absolute Gasteiger partial charge is 0.258 e. The van der Waals surface area contributed by atoms with E-state index in [-0.39, 0.29) is 17.7 Å². The number of hydrogen-bond acceptors (Lipinski definition) is 3. The summed E-state index contributed by atoms with van der Waals surface area (Å²) in [7, 11) is 0. The highest BCUT2D eigenvalue weighted by Gasteiger charge is 2.33. The molecule has 0 aliphatic carbocycles. The van der Waals surface area contributed by atoms with Crippen molar-refractivity contribution in [2.45, 2.75) is 45.4 Å². The lowest BCUT2D eigenvalue weighted by Gasteiger charge is -2.34. The lowest BCUT2D eigenvalue weighted by Crippen LogP contribution is -2.44. The van der Waals surface area contributed by atoms with E-state index in [1.807, 2.05) is 47.1 Å². The third-order valence-corrected chi connectivity index (χ3v) is 6.62. The quantitative estimate of drug-likeness (QED) is 0.739. The molecule has 2 saturated heterocycles. The minimum Gasteiger partial charge on any atom is -0.342 e. The number of amides is 2. The van der Waals surface area contributed by atoms with Gasteiger partial charge in [-0.05, 0) is 44.7 Å². The maximum Gasteiger partial charge on any atom is 0.258 e. The molecule has 1 aromatic heterocycles. The highest BCUT2D eigenvalue weighted by atomic mass is 35.5. The van der Waals surface area contributed by atoms with E-state index in [0.717, 1.165) is 31.6 Å². The van der Waals surface area contributed by atoms with Crippen molar-refractivity contribution in [1.29, 1.82) is 0 Å². The van der Waals surface area contributed by atoms with E-state index in [0.29, 0.717) is 42.3 Å². The van der Waals surface area contributed by atoms with E-state index >= 15 is 0 Å². The van der Waals surface area contributed by atoms with E-state index in [4.69, 9.17) is 11.6 Å². The number of rotatable bonds is 3. The summed E-state index contributed by atoms with van der Waals surface area (Å²) in [6, 6.07) is 9.57. The Kier molecular flexibility index (Phi) is 6.42. The van der Waals surface area contributed by atoms with Gasteiger partial charge in [0.15, 0.2) is 0 Å². The number of para-hydroxylation sites is 1. The van der Waals surface area contributed by atoms with E-state index in [1.165, 1.54) is 12.8 Å². The number of piperidine rings is 1. The molecule has 0 bridgehead atoms. The van der Waals surface area contributed by atoms with Gasteiger partial charge in [-0.1, -0.05) is 42.6 Å². The number of aryl methyl sites for hydroxylation is 1. The monoisotopic (exact) mass is 428 g/mol. The summed E-state index contributed by atoms with van der Waals surface area (Å²) in [5.41, 5.74) is 1.90. The highest BCUT2D eigenvalue weighted by Crippen LogP contribution is 2.28. The molecule has 0 N–H and O–H groups in total. The molecule has 0 atom stereocenters. The Hall–Kier alpha value is -2.34. The minimum absolute atomic E-state index is 0.0239. The Labute approximate surface area is 182 Å². The Morgan fingerprint density at radius 1 is 0.933 bits per heavy atom. The molecule has 2 aliphatic rings. The van der Waals surface area contributed by atoms with Crippen LogP contribution in [0.5, 0.6) is 0 Å². The molecular weight excluding hydrogens is 400 g/mol. The number of carbonyl (C=O) groups is 2. The van der Waals surface area contributed by atoms with E-state index in [1.54, 1.807) is 4.68 Å². The van der Waals surface area contributed by atoms with Crippen molar-refractivity contribution < 1.29 is 9.59 Å². The second kappa shape index (κ2) is 9.21. The molecule has 7 heteroatoms. The number of likely N-dealkylation sites (tertiary alicyclic amines) is 2. The van der Waals surface area contributed by atoms with Crippen LogP contribution < -0.4 is 0 Å². The van der Waals surface area contributed by atoms with Crippen LogP contribution >= 0.6 is 11.6 Å². The Bertz CT molecular complexity index is 895. The molecule has 6 nitrogen and oxygen atoms in total. The first-order valence-corrected chi connectivity index (χ1v) is 11.3. The fourth-order valence-electron chi connectivity index (χ4n) is 4.52. The largest absolute Gasteiger partial charge is 0.342 e. The van der Waals surface area contributed by atoms with Crippen LogP contribution in [0.3, 0.4) is 0 Å². The minimum atomic E-state index is -0.0969. The number of hydrogen-bond donors (Lipinski definition) is 0. The van der Waals surface area contributed by atoms with Gasteiger partial charge in [0.05, 0.1) is 16.9 Å². The van der Waals surface area contributed by atoms with Gasteiger partial charge in [-0.3, -0.25) is 9.59 Å². The molecule has 0 spiro atoms. The molecule has 0 unspecified atom stereocenters. The van der Waals surface area contributed by atoms with E-state index in [2.05, 4.69) is 5.10 Å². The average Bonchev–Trinajstić information content (AvgIpc) is 2.94. The van der Waals surface area contributed by atoms with Gasteiger partial charge >= 0.3 is 0 Å². The summed E-state index contributed by atoms with van der Waals surface area (Å²) in [5, 5.41) is 4.83. The molecular formula is C23H29ClN4O2. The van der Waals surface area contributed by atoms with Gasteiger partial charge < -0.3 is 9.80 Å². The molecule has 0 saturated carbocycles. The second-order valence-corrected chi connectivity index (χ2v) is 8.66. The number of aromatic nitrogens is 2. The fraction of sp³-hybridized carbons (Fsp3) is 0.522. The zero-order valence-corrected chi connectivity index (χ0v) is 18.3. The number of benzene rings is 1. The molecule has 30 heavy (non-hydrogen) atoms. The summed E-state index contributed by atoms with van der Waals surface area (Å²) in [4.78, 5) is 30.0. The second-order valence-electron chi connectivity index (χ2n) is 8.30. The molecule has 2 aromatic rings. The Morgan fingerprint density at radius 3 is 2.20 bits per heavy atom. The maximum atomic E-state index is 13.2. The van der Waals surface area contributed by atoms with Crippen LogP contribution in [0.1, 0.15) is 54.6 Å². The zero-order chi connectivity index (χ0) is 21.1. The van der Waals surface area contributed by atoms with Crippen molar-refractivity contribution in [2.75, 3.05) is 26.2 Å². The molecule has 2 amide bonds. The van der Waals surface area contributed by atoms with E-state index in [9.17, 15) is 9.59 Å². The van der Waals surface area contributed by atoms with Gasteiger partial charge in [0.25, 0.3) is 5.91 Å². The first-order chi connectivity index (χ1) is 14.6. The van der Waals surface area contributed by atoms with Crippen LogP contribution in [0.25, 0.3) is 5.69 Å². The van der Waals surface area contributed by atoms with Crippen LogP contribution in [-0.4, -0.2) is 57.6 Å². The lowest BCUT2D eigenvalue weighted by atomic mass is 9.94. The highest BCUT2D eigenvalue weighted by molar-refractivity contribution is 6.33. The Balaban J connectivity index is 1.42. The SMILES string of the molecule is Cc1nn(-c2ccccc2)c(Cl)c1C(=O)N1CCC(C(=O)N2CCCCCC2)CC1. The first-order valence-electron chi connectivity index (χ1n) is 10.9. The van der Waals surface area contributed by atoms with Gasteiger partial charge in [0.2, 0.25) is 5.91 Å². The summed E-state index contributed by atoms with van der Waals surface area (Å²) < 4.78 is 1.61. The molecule has 3 heterocycles. The van der Waals surface area contributed by atoms with Crippen LogP contribution in [0.2, 0.25) is 5.15 Å². The molecule has 160 valence electrons. The zero-order valence-electron chi connectivity index (χ0n) is 17.5. The van der Waals surface area contributed by atoms with Gasteiger partial charge in [-0.2, -0.15) is 5.10 Å². The van der Waals surface area contributed by atoms with Crippen molar-refractivity contribution in [3.63, 3.8) is 0 Å². The third-order valence-electron chi connectivity index (χ3n) is 6.27. The van der Waals surface area contributed by atoms with Crippen molar-refractivity contribution in [3.05, 3.63) is 46.7 Å². The fourth-order valence-corrected chi connectivity index (χ4v) is 4.87. The summed E-state index contributed by atoms with van der Waals surface area (Å²) in [6.45, 7) is 4.73. The predicted octanol–water partition coefficient (Wildman–Crippen LogP) is 4.09. The summed E-state index contributed by atoms with van der Waals surface area (Å²) in [5.74, 6) is 0.200. The van der Waals surface area contributed by atoms with Crippen molar-refractivity contribution >= 4 is 23.4 Å². The predicted molar refractivity (Wildman–Crippen MR) is 117 cm³/mol. The van der Waals surface area contributed by atoms with Crippen molar-refractivity contribution in [1.82, 2.24) is 19.6 Å². The molecule has 1 aromatic carbocycles. The maximum absolute atomic E-state index is 13.2. The van der Waals surface area contributed by atoms with Crippen molar-refractivity contribution in [2.24, 2.45) is 5.92 Å². The molecule has 0 radical (unpaired) electrons. The number of halogens is 1. The third kappa shape index (κ3) is 4.24. The van der Waals surface area contributed by atoms with Gasteiger partial charge in [-0.15, -0.1) is 0 Å². The molecule has 2 aliphatic heterocycles. The van der Waals surface area contributed by atoms with Gasteiger partial charge in [0, 0.05) is 32.1 Å². The Morgan fingerprint density at radius 2 is 1.57 bits per heavy atom. The van der Waals surface area contributed by atoms with Gasteiger partial charge in [0.1, 0.15) is 5.15 Å². The van der Waals surface area contributed by atoms with E-state index < -0.39 is 0 Å². The molecule has 2 fully saturated rings. The van der Waals surface area contributed by atoms with Crippen molar-refractivity contribution in [3.8, 4) is 5.69 Å². The number of carbonyl (C=O) groups excluding carboxylic acids is 2. The normalized spacial score (nSPS) is 18.3. The standard InChI is InChI=1S/C23H29ClN4O2/c1-17-20(21(24)28(25-17)19-9-5-4-6-10-19)23(30)27-15-11-18(12-16-27)22(29)26-13-7-2-3-8-14-26/h4-6,9-10,18H,2-3,7-8,11-16H2,1H3. The van der Waals surface area contributed by atoms with Crippen LogP contribution in [0.4, 0.5) is 0 Å². The lowest BCUT2D eigenvalue weighted by molar-refractivity contribution is -0.136. The van der Waals surface area contributed by atoms with Crippen LogP contribution in [0.15, 0.2) is 30.3 Å². The first kappa shape index (κ1) is 20.9. The summed E-state index contributed by atoms with van der Waals surface area (Å²) >= 11 is 6.57. The van der Waals surface area contributed by atoms with Crippen LogP contribution in [-0.2, 0) is 4.79 Å². The topological polar surface area (TPSA) is 58.4 Å². The summed E-state index contributed by atoms with van der Waals surface area (Å²) in [6.07, 6.45) is 6.06. The average molecular weight is 429 g/mol. The molecule has 4 rings (SSSR count). The van der Waals surface area contributed by atoms with Gasteiger partial charge in [-0.25, -0.2) is 4.68 Å². The van der Waals surface area contributed by atoms with Crippen LogP contribution in [0, 0.1) is 12.8 Å².